The molecule has 0 aliphatic carbocycles. The summed E-state index contributed by atoms with van der Waals surface area (Å²) in [6.45, 7) is 6.02. The van der Waals surface area contributed by atoms with Crippen LogP contribution in [-0.4, -0.2) is 40.0 Å². The first-order valence-corrected chi connectivity index (χ1v) is 7.28. The van der Waals surface area contributed by atoms with E-state index in [0.717, 1.165) is 39.1 Å². The molecular weight excluding hydrogens is 257 g/mol. The van der Waals surface area contributed by atoms with Crippen molar-refractivity contribution < 1.29 is 13.9 Å². The van der Waals surface area contributed by atoms with E-state index in [1.54, 1.807) is 7.11 Å². The lowest BCUT2D eigenvalue weighted by Crippen LogP contribution is -2.28. The molecule has 1 aromatic carbocycles. The molecule has 0 aliphatic rings. The largest absolute Gasteiger partial charge is 0.383 e. The first-order valence-electron chi connectivity index (χ1n) is 7.28. The molecule has 0 spiro atoms. The minimum Gasteiger partial charge on any atom is -0.383 e. The summed E-state index contributed by atoms with van der Waals surface area (Å²) in [7, 11) is 1.70. The molecule has 1 rings (SSSR count). The van der Waals surface area contributed by atoms with Gasteiger partial charge in [0.15, 0.2) is 0 Å². The summed E-state index contributed by atoms with van der Waals surface area (Å²) < 4.78 is 23.4. The third-order valence-corrected chi connectivity index (χ3v) is 3.23. The normalized spacial score (nSPS) is 12.6. The van der Waals surface area contributed by atoms with Gasteiger partial charge >= 0.3 is 0 Å². The summed E-state index contributed by atoms with van der Waals surface area (Å²) in [5.41, 5.74) is 1.17. The topological polar surface area (TPSA) is 30.5 Å². The molecule has 0 aromatic heterocycles. The third-order valence-electron chi connectivity index (χ3n) is 3.23. The molecule has 1 N–H and O–H groups in total. The number of methoxy groups -OCH3 is 1. The fourth-order valence-corrected chi connectivity index (χ4v) is 2.10. The Morgan fingerprint density at radius 2 is 1.95 bits per heavy atom. The Morgan fingerprint density at radius 1 is 1.20 bits per heavy atom. The maximum Gasteiger partial charge on any atom is 0.123 e. The van der Waals surface area contributed by atoms with Crippen LogP contribution in [0.2, 0.25) is 0 Å². The minimum atomic E-state index is -0.183. The molecule has 0 aliphatic heterocycles. The van der Waals surface area contributed by atoms with Crippen molar-refractivity contribution in [1.82, 2.24) is 5.32 Å². The lowest BCUT2D eigenvalue weighted by Gasteiger charge is -2.18. The molecule has 1 unspecified atom stereocenters. The standard InChI is InChI=1S/C16H26FNO2/c1-3-20-10-8-15(13-18-9-11-19-2)12-14-4-6-16(17)7-5-14/h4-7,15,18H,3,8-13H2,1-2H3. The van der Waals surface area contributed by atoms with Crippen molar-refractivity contribution in [3.63, 3.8) is 0 Å². The maximum absolute atomic E-state index is 12.9. The van der Waals surface area contributed by atoms with E-state index in [2.05, 4.69) is 5.32 Å². The molecule has 0 saturated heterocycles. The van der Waals surface area contributed by atoms with Crippen molar-refractivity contribution in [2.75, 3.05) is 40.0 Å². The number of rotatable bonds is 11. The quantitative estimate of drug-likeness (QED) is 0.633. The molecule has 1 aromatic rings. The fraction of sp³-hybridized carbons (Fsp3) is 0.625. The third kappa shape index (κ3) is 7.58. The van der Waals surface area contributed by atoms with E-state index in [9.17, 15) is 4.39 Å². The van der Waals surface area contributed by atoms with Gasteiger partial charge < -0.3 is 14.8 Å². The van der Waals surface area contributed by atoms with Gasteiger partial charge in [0.05, 0.1) is 6.61 Å². The lowest BCUT2D eigenvalue weighted by molar-refractivity contribution is 0.130. The van der Waals surface area contributed by atoms with E-state index in [1.807, 2.05) is 19.1 Å². The molecule has 0 bridgehead atoms. The molecule has 3 nitrogen and oxygen atoms in total. The van der Waals surface area contributed by atoms with Crippen LogP contribution in [0.25, 0.3) is 0 Å². The second-order valence-corrected chi connectivity index (χ2v) is 4.88. The van der Waals surface area contributed by atoms with Crippen LogP contribution < -0.4 is 5.32 Å². The van der Waals surface area contributed by atoms with Crippen LogP contribution in [0.5, 0.6) is 0 Å². The number of halogens is 1. The van der Waals surface area contributed by atoms with Crippen LogP contribution in [0, 0.1) is 11.7 Å². The molecule has 1 atom stereocenters. The van der Waals surface area contributed by atoms with E-state index in [0.29, 0.717) is 12.5 Å². The maximum atomic E-state index is 12.9. The second kappa shape index (κ2) is 10.8. The summed E-state index contributed by atoms with van der Waals surface area (Å²) in [4.78, 5) is 0. The predicted octanol–water partition coefficient (Wildman–Crippen LogP) is 2.65. The number of hydrogen-bond acceptors (Lipinski definition) is 3. The molecule has 0 fully saturated rings. The van der Waals surface area contributed by atoms with Gasteiger partial charge in [-0.2, -0.15) is 0 Å². The van der Waals surface area contributed by atoms with Crippen molar-refractivity contribution in [1.29, 1.82) is 0 Å². The number of ether oxygens (including phenoxy) is 2. The smallest absolute Gasteiger partial charge is 0.123 e. The Morgan fingerprint density at radius 3 is 2.60 bits per heavy atom. The molecule has 0 radical (unpaired) electrons. The van der Waals surface area contributed by atoms with E-state index < -0.39 is 0 Å². The summed E-state index contributed by atoms with van der Waals surface area (Å²) in [5.74, 6) is 0.307. The van der Waals surface area contributed by atoms with Crippen LogP contribution in [0.4, 0.5) is 4.39 Å². The zero-order chi connectivity index (χ0) is 14.6. The van der Waals surface area contributed by atoms with Crippen molar-refractivity contribution in [3.8, 4) is 0 Å². The van der Waals surface area contributed by atoms with Crippen LogP contribution in [0.1, 0.15) is 18.9 Å². The van der Waals surface area contributed by atoms with Crippen LogP contribution in [-0.2, 0) is 15.9 Å². The number of benzene rings is 1. The average molecular weight is 283 g/mol. The monoisotopic (exact) mass is 283 g/mol. The molecule has 0 heterocycles. The van der Waals surface area contributed by atoms with Gasteiger partial charge in [-0.1, -0.05) is 12.1 Å². The zero-order valence-corrected chi connectivity index (χ0v) is 12.5. The van der Waals surface area contributed by atoms with Gasteiger partial charge in [-0.3, -0.25) is 0 Å². The Balaban J connectivity index is 2.41. The van der Waals surface area contributed by atoms with Crippen LogP contribution in [0.15, 0.2) is 24.3 Å². The van der Waals surface area contributed by atoms with E-state index >= 15 is 0 Å². The SMILES string of the molecule is CCOCCC(CNCCOC)Cc1ccc(F)cc1. The highest BCUT2D eigenvalue weighted by Gasteiger charge is 2.10. The Kier molecular flexibility index (Phi) is 9.20. The molecule has 0 saturated carbocycles. The fourth-order valence-electron chi connectivity index (χ4n) is 2.10. The van der Waals surface area contributed by atoms with E-state index in [1.165, 1.54) is 17.7 Å². The molecular formula is C16H26FNO2. The lowest BCUT2D eigenvalue weighted by atomic mass is 9.96. The number of nitrogens with one attached hydrogen (secondary N) is 1. The summed E-state index contributed by atoms with van der Waals surface area (Å²) in [5, 5.41) is 3.39. The second-order valence-electron chi connectivity index (χ2n) is 4.88. The number of hydrogen-bond donors (Lipinski definition) is 1. The van der Waals surface area contributed by atoms with Gasteiger partial charge in [-0.05, 0) is 49.9 Å². The predicted molar refractivity (Wildman–Crippen MR) is 79.4 cm³/mol. The van der Waals surface area contributed by atoms with Gasteiger partial charge in [0, 0.05) is 26.9 Å². The highest BCUT2D eigenvalue weighted by Crippen LogP contribution is 2.13. The summed E-state index contributed by atoms with van der Waals surface area (Å²) >= 11 is 0. The summed E-state index contributed by atoms with van der Waals surface area (Å²) in [6.07, 6.45) is 1.94. The first-order chi connectivity index (χ1) is 9.76. The van der Waals surface area contributed by atoms with Gasteiger partial charge in [0.1, 0.15) is 5.82 Å². The van der Waals surface area contributed by atoms with Gasteiger partial charge in [0.2, 0.25) is 0 Å². The highest BCUT2D eigenvalue weighted by molar-refractivity contribution is 5.16. The van der Waals surface area contributed by atoms with Gasteiger partial charge in [-0.25, -0.2) is 4.39 Å². The summed E-state index contributed by atoms with van der Waals surface area (Å²) in [6, 6.07) is 6.76. The Hall–Kier alpha value is -0.970. The Labute approximate surface area is 121 Å². The van der Waals surface area contributed by atoms with Crippen molar-refractivity contribution in [2.45, 2.75) is 19.8 Å². The average Bonchev–Trinajstić information content (AvgIpc) is 2.46. The van der Waals surface area contributed by atoms with E-state index in [4.69, 9.17) is 9.47 Å². The van der Waals surface area contributed by atoms with E-state index in [-0.39, 0.29) is 5.82 Å². The minimum absolute atomic E-state index is 0.183. The van der Waals surface area contributed by atoms with Gasteiger partial charge in [0.25, 0.3) is 0 Å². The van der Waals surface area contributed by atoms with Gasteiger partial charge in [-0.15, -0.1) is 0 Å². The van der Waals surface area contributed by atoms with Crippen molar-refractivity contribution >= 4 is 0 Å². The zero-order valence-electron chi connectivity index (χ0n) is 12.5. The first kappa shape index (κ1) is 17.1. The highest BCUT2D eigenvalue weighted by atomic mass is 19.1. The van der Waals surface area contributed by atoms with Crippen molar-refractivity contribution in [3.05, 3.63) is 35.6 Å². The molecule has 0 amide bonds. The van der Waals surface area contributed by atoms with Crippen LogP contribution >= 0.6 is 0 Å². The van der Waals surface area contributed by atoms with Crippen LogP contribution in [0.3, 0.4) is 0 Å². The molecule has 20 heavy (non-hydrogen) atoms. The molecule has 4 heteroatoms. The Bertz CT molecular complexity index is 343. The van der Waals surface area contributed by atoms with Crippen molar-refractivity contribution in [2.24, 2.45) is 5.92 Å². The molecule has 114 valence electrons.